The maximum Gasteiger partial charge on any atom is 0.262 e. The van der Waals surface area contributed by atoms with Gasteiger partial charge in [-0.25, -0.2) is 0 Å². The highest BCUT2D eigenvalue weighted by molar-refractivity contribution is 6.03. The Morgan fingerprint density at radius 3 is 3.10 bits per heavy atom. The molecule has 2 aliphatic heterocycles. The van der Waals surface area contributed by atoms with Crippen LogP contribution in [0.25, 0.3) is 0 Å². The molecule has 0 bridgehead atoms. The number of fused-ring (bicyclic) bond motifs is 1. The molecule has 0 radical (unpaired) electrons. The first-order valence-electron chi connectivity index (χ1n) is 6.73. The van der Waals surface area contributed by atoms with Gasteiger partial charge in [-0.05, 0) is 19.1 Å². The van der Waals surface area contributed by atoms with Gasteiger partial charge in [-0.15, -0.1) is 0 Å². The average molecular weight is 275 g/mol. The first-order valence-corrected chi connectivity index (χ1v) is 6.73. The molecule has 2 heterocycles. The van der Waals surface area contributed by atoms with Crippen molar-refractivity contribution in [2.45, 2.75) is 13.0 Å². The Kier molecular flexibility index (Phi) is 3.31. The van der Waals surface area contributed by atoms with E-state index < -0.39 is 0 Å². The lowest BCUT2D eigenvalue weighted by Gasteiger charge is -2.32. The zero-order valence-electron chi connectivity index (χ0n) is 11.3. The van der Waals surface area contributed by atoms with E-state index in [1.165, 1.54) is 0 Å². The highest BCUT2D eigenvalue weighted by atomic mass is 16.5. The van der Waals surface area contributed by atoms with Crippen molar-refractivity contribution in [3.8, 4) is 5.75 Å². The minimum Gasteiger partial charge on any atom is -0.481 e. The summed E-state index contributed by atoms with van der Waals surface area (Å²) in [5, 5.41) is 6.02. The van der Waals surface area contributed by atoms with E-state index >= 15 is 0 Å². The molecule has 20 heavy (non-hydrogen) atoms. The van der Waals surface area contributed by atoms with Crippen LogP contribution in [0.4, 0.5) is 5.69 Å². The molecule has 1 aromatic carbocycles. The predicted octanol–water partition coefficient (Wildman–Crippen LogP) is 0.451. The molecule has 2 aliphatic rings. The number of hydrogen-bond acceptors (Lipinski definition) is 4. The minimum atomic E-state index is -0.196. The average Bonchev–Trinajstić information content (AvgIpc) is 2.45. The number of hydrogen-bond donors (Lipinski definition) is 2. The maximum absolute atomic E-state index is 12.6. The van der Waals surface area contributed by atoms with Gasteiger partial charge in [-0.1, -0.05) is 6.07 Å². The molecule has 0 spiro atoms. The molecule has 6 heteroatoms. The number of piperazine rings is 1. The van der Waals surface area contributed by atoms with Crippen LogP contribution in [-0.2, 0) is 4.79 Å². The Bertz CT molecular complexity index is 559. The summed E-state index contributed by atoms with van der Waals surface area (Å²) in [5.41, 5.74) is 1.08. The lowest BCUT2D eigenvalue weighted by molar-refractivity contribution is -0.118. The maximum atomic E-state index is 12.6. The van der Waals surface area contributed by atoms with Crippen LogP contribution >= 0.6 is 0 Å². The number of carbonyl (C=O) groups excluding carboxylic acids is 2. The molecule has 2 N–H and O–H groups in total. The number of nitrogens with zero attached hydrogens (tertiary/aromatic N) is 1. The first kappa shape index (κ1) is 12.9. The molecule has 0 unspecified atom stereocenters. The highest BCUT2D eigenvalue weighted by Crippen LogP contribution is 2.32. The summed E-state index contributed by atoms with van der Waals surface area (Å²) in [6.07, 6.45) is 0. The van der Waals surface area contributed by atoms with Crippen molar-refractivity contribution in [3.63, 3.8) is 0 Å². The van der Waals surface area contributed by atoms with Gasteiger partial charge in [0.15, 0.2) is 12.4 Å². The van der Waals surface area contributed by atoms with Crippen LogP contribution in [0.1, 0.15) is 17.3 Å². The van der Waals surface area contributed by atoms with Gasteiger partial charge in [0, 0.05) is 25.7 Å². The number of para-hydroxylation sites is 1. The molecular weight excluding hydrogens is 258 g/mol. The van der Waals surface area contributed by atoms with Gasteiger partial charge in [0.05, 0.1) is 11.3 Å². The van der Waals surface area contributed by atoms with Crippen molar-refractivity contribution < 1.29 is 14.3 Å². The third-order valence-electron chi connectivity index (χ3n) is 3.52. The van der Waals surface area contributed by atoms with E-state index in [-0.39, 0.29) is 24.5 Å². The molecule has 1 saturated heterocycles. The standard InChI is InChI=1S/C14H17N3O3/c1-9-7-17(6-5-15-9)14(19)10-3-2-4-11-13(10)20-8-12(18)16-11/h2-4,9,15H,5-8H2,1H3,(H,16,18)/t9-/m0/s1. The summed E-state index contributed by atoms with van der Waals surface area (Å²) < 4.78 is 5.43. The van der Waals surface area contributed by atoms with Crippen LogP contribution in [0, 0.1) is 0 Å². The largest absolute Gasteiger partial charge is 0.481 e. The summed E-state index contributed by atoms with van der Waals surface area (Å²) in [7, 11) is 0. The summed E-state index contributed by atoms with van der Waals surface area (Å²) in [4.78, 5) is 25.7. The van der Waals surface area contributed by atoms with E-state index in [0.29, 0.717) is 30.1 Å². The second-order valence-corrected chi connectivity index (χ2v) is 5.13. The number of nitrogens with one attached hydrogen (secondary N) is 2. The second kappa shape index (κ2) is 5.13. The van der Waals surface area contributed by atoms with Gasteiger partial charge in [-0.2, -0.15) is 0 Å². The van der Waals surface area contributed by atoms with Crippen molar-refractivity contribution in [1.29, 1.82) is 0 Å². The summed E-state index contributed by atoms with van der Waals surface area (Å²) in [6, 6.07) is 5.52. The van der Waals surface area contributed by atoms with E-state index in [9.17, 15) is 9.59 Å². The number of ether oxygens (including phenoxy) is 1. The fourth-order valence-electron chi connectivity index (χ4n) is 2.57. The molecule has 1 fully saturated rings. The quantitative estimate of drug-likeness (QED) is 0.781. The Balaban J connectivity index is 1.88. The SMILES string of the molecule is C[C@H]1CN(C(=O)c2cccc3c2OCC(=O)N3)CCN1. The van der Waals surface area contributed by atoms with Crippen LogP contribution in [0.15, 0.2) is 18.2 Å². The van der Waals surface area contributed by atoms with Gasteiger partial charge in [-0.3, -0.25) is 9.59 Å². The molecule has 106 valence electrons. The fourth-order valence-corrected chi connectivity index (χ4v) is 2.57. The predicted molar refractivity (Wildman–Crippen MR) is 73.9 cm³/mol. The molecular formula is C14H17N3O3. The topological polar surface area (TPSA) is 70.7 Å². The first-order chi connectivity index (χ1) is 9.65. The smallest absolute Gasteiger partial charge is 0.262 e. The molecule has 3 rings (SSSR count). The summed E-state index contributed by atoms with van der Waals surface area (Å²) in [5.74, 6) is 0.229. The van der Waals surface area contributed by atoms with Gasteiger partial charge >= 0.3 is 0 Å². The lowest BCUT2D eigenvalue weighted by atomic mass is 10.1. The van der Waals surface area contributed by atoms with Crippen molar-refractivity contribution >= 4 is 17.5 Å². The van der Waals surface area contributed by atoms with Crippen LogP contribution in [-0.4, -0.2) is 49.0 Å². The Hall–Kier alpha value is -2.08. The van der Waals surface area contributed by atoms with Crippen molar-refractivity contribution in [1.82, 2.24) is 10.2 Å². The van der Waals surface area contributed by atoms with Crippen molar-refractivity contribution in [2.75, 3.05) is 31.6 Å². The zero-order chi connectivity index (χ0) is 14.1. The van der Waals surface area contributed by atoms with E-state index in [0.717, 1.165) is 6.54 Å². The molecule has 0 aliphatic carbocycles. The van der Waals surface area contributed by atoms with E-state index in [1.54, 1.807) is 18.2 Å². The normalized spacial score (nSPS) is 21.8. The number of rotatable bonds is 1. The highest BCUT2D eigenvalue weighted by Gasteiger charge is 2.27. The van der Waals surface area contributed by atoms with E-state index in [4.69, 9.17) is 4.74 Å². The van der Waals surface area contributed by atoms with E-state index in [1.807, 2.05) is 4.90 Å². The molecule has 0 saturated carbocycles. The Labute approximate surface area is 117 Å². The van der Waals surface area contributed by atoms with Gasteiger partial charge in [0.2, 0.25) is 0 Å². The number of carbonyl (C=O) groups is 2. The molecule has 1 atom stereocenters. The monoisotopic (exact) mass is 275 g/mol. The van der Waals surface area contributed by atoms with Crippen LogP contribution in [0.2, 0.25) is 0 Å². The summed E-state index contributed by atoms with van der Waals surface area (Å²) in [6.45, 7) is 4.15. The number of amides is 2. The lowest BCUT2D eigenvalue weighted by Crippen LogP contribution is -2.51. The molecule has 6 nitrogen and oxygen atoms in total. The van der Waals surface area contributed by atoms with E-state index in [2.05, 4.69) is 17.6 Å². The number of benzene rings is 1. The Morgan fingerprint density at radius 2 is 2.30 bits per heavy atom. The fraction of sp³-hybridized carbons (Fsp3) is 0.429. The molecule has 1 aromatic rings. The van der Waals surface area contributed by atoms with Crippen LogP contribution in [0.5, 0.6) is 5.75 Å². The van der Waals surface area contributed by atoms with Crippen molar-refractivity contribution in [3.05, 3.63) is 23.8 Å². The van der Waals surface area contributed by atoms with Crippen LogP contribution in [0.3, 0.4) is 0 Å². The Morgan fingerprint density at radius 1 is 1.45 bits per heavy atom. The third kappa shape index (κ3) is 2.34. The van der Waals surface area contributed by atoms with Gasteiger partial charge in [0.1, 0.15) is 0 Å². The van der Waals surface area contributed by atoms with Crippen LogP contribution < -0.4 is 15.4 Å². The third-order valence-corrected chi connectivity index (χ3v) is 3.52. The van der Waals surface area contributed by atoms with Crippen molar-refractivity contribution in [2.24, 2.45) is 0 Å². The number of anilines is 1. The minimum absolute atomic E-state index is 0.0464. The van der Waals surface area contributed by atoms with Gasteiger partial charge < -0.3 is 20.3 Å². The second-order valence-electron chi connectivity index (χ2n) is 5.13. The molecule has 2 amide bonds. The molecule has 0 aromatic heterocycles. The van der Waals surface area contributed by atoms with Gasteiger partial charge in [0.25, 0.3) is 11.8 Å². The zero-order valence-corrected chi connectivity index (χ0v) is 11.3. The summed E-state index contributed by atoms with van der Waals surface area (Å²) >= 11 is 0.